The lowest BCUT2D eigenvalue weighted by atomic mass is 10.1. The molecule has 1 rings (SSSR count). The van der Waals surface area contributed by atoms with E-state index >= 15 is 0 Å². The van der Waals surface area contributed by atoms with E-state index in [-0.39, 0.29) is 5.91 Å². The maximum absolute atomic E-state index is 11.8. The molecule has 0 aromatic heterocycles. The van der Waals surface area contributed by atoms with Gasteiger partial charge in [0.1, 0.15) is 0 Å². The Morgan fingerprint density at radius 2 is 1.70 bits per heavy atom. The number of benzene rings is 1. The van der Waals surface area contributed by atoms with E-state index in [9.17, 15) is 4.79 Å². The van der Waals surface area contributed by atoms with Crippen molar-refractivity contribution in [2.45, 2.75) is 58.3 Å². The Hall–Kier alpha value is -1.35. The van der Waals surface area contributed by atoms with Gasteiger partial charge in [0, 0.05) is 12.1 Å². The lowest BCUT2D eigenvalue weighted by molar-refractivity contribution is -0.116. The molecule has 1 aromatic carbocycles. The fourth-order valence-corrected chi connectivity index (χ4v) is 2.21. The van der Waals surface area contributed by atoms with E-state index in [1.807, 2.05) is 24.3 Å². The van der Waals surface area contributed by atoms with Crippen LogP contribution in [0, 0.1) is 0 Å². The molecule has 3 nitrogen and oxygen atoms in total. The van der Waals surface area contributed by atoms with Crippen molar-refractivity contribution in [1.29, 1.82) is 0 Å². The van der Waals surface area contributed by atoms with Crippen LogP contribution >= 0.6 is 0 Å². The molecule has 0 atom stereocenters. The van der Waals surface area contributed by atoms with Crippen LogP contribution in [0.1, 0.15) is 57.4 Å². The number of hydrogen-bond acceptors (Lipinski definition) is 2. The minimum atomic E-state index is 0.118. The summed E-state index contributed by atoms with van der Waals surface area (Å²) in [6.07, 6.45) is 8.75. The summed E-state index contributed by atoms with van der Waals surface area (Å²) in [6.45, 7) is 2.87. The standard InChI is InChI=1S/C17H28N2O/c1-2-3-4-5-6-7-8-17(20)19-16-11-9-15(10-12-16)13-14-18/h9-12H,2-8,13-14,18H2,1H3,(H,19,20). The van der Waals surface area contributed by atoms with E-state index in [2.05, 4.69) is 12.2 Å². The number of unbranched alkanes of at least 4 members (excludes halogenated alkanes) is 5. The lowest BCUT2D eigenvalue weighted by Gasteiger charge is -2.06. The van der Waals surface area contributed by atoms with Crippen LogP contribution in [0.25, 0.3) is 0 Å². The van der Waals surface area contributed by atoms with Gasteiger partial charge in [-0.1, -0.05) is 51.2 Å². The second-order valence-electron chi connectivity index (χ2n) is 5.30. The predicted molar refractivity (Wildman–Crippen MR) is 85.8 cm³/mol. The van der Waals surface area contributed by atoms with Crippen LogP contribution in [-0.2, 0) is 11.2 Å². The van der Waals surface area contributed by atoms with Gasteiger partial charge in [-0.3, -0.25) is 4.79 Å². The number of nitrogens with one attached hydrogen (secondary N) is 1. The molecular formula is C17H28N2O. The molecular weight excluding hydrogens is 248 g/mol. The third kappa shape index (κ3) is 7.29. The molecule has 3 heteroatoms. The minimum Gasteiger partial charge on any atom is -0.330 e. The Kier molecular flexibility index (Phi) is 8.72. The number of anilines is 1. The summed E-state index contributed by atoms with van der Waals surface area (Å²) >= 11 is 0. The van der Waals surface area contributed by atoms with Crippen LogP contribution in [0.4, 0.5) is 5.69 Å². The van der Waals surface area contributed by atoms with Crippen molar-refractivity contribution in [3.05, 3.63) is 29.8 Å². The predicted octanol–water partition coefficient (Wildman–Crippen LogP) is 3.88. The SMILES string of the molecule is CCCCCCCCC(=O)Nc1ccc(CCN)cc1. The summed E-state index contributed by atoms with van der Waals surface area (Å²) in [6, 6.07) is 7.94. The minimum absolute atomic E-state index is 0.118. The molecule has 0 radical (unpaired) electrons. The van der Waals surface area contributed by atoms with E-state index in [4.69, 9.17) is 5.73 Å². The topological polar surface area (TPSA) is 55.1 Å². The molecule has 0 saturated heterocycles. The van der Waals surface area contributed by atoms with Gasteiger partial charge >= 0.3 is 0 Å². The first kappa shape index (κ1) is 16.7. The average Bonchev–Trinajstić information content (AvgIpc) is 2.45. The zero-order valence-electron chi connectivity index (χ0n) is 12.7. The summed E-state index contributed by atoms with van der Waals surface area (Å²) < 4.78 is 0. The summed E-state index contributed by atoms with van der Waals surface area (Å²) in [7, 11) is 0. The maximum atomic E-state index is 11.8. The van der Waals surface area contributed by atoms with E-state index in [0.29, 0.717) is 13.0 Å². The Bertz CT molecular complexity index is 373. The van der Waals surface area contributed by atoms with Crippen molar-refractivity contribution < 1.29 is 4.79 Å². The highest BCUT2D eigenvalue weighted by Crippen LogP contribution is 2.12. The number of carbonyl (C=O) groups is 1. The first-order chi connectivity index (χ1) is 9.76. The smallest absolute Gasteiger partial charge is 0.224 e. The molecule has 20 heavy (non-hydrogen) atoms. The van der Waals surface area contributed by atoms with Crippen LogP contribution in [0.3, 0.4) is 0 Å². The summed E-state index contributed by atoms with van der Waals surface area (Å²) in [4.78, 5) is 11.8. The number of rotatable bonds is 10. The fourth-order valence-electron chi connectivity index (χ4n) is 2.21. The second-order valence-corrected chi connectivity index (χ2v) is 5.30. The van der Waals surface area contributed by atoms with Crippen LogP contribution in [0.15, 0.2) is 24.3 Å². The second kappa shape index (κ2) is 10.4. The number of amides is 1. The molecule has 1 aromatic rings. The molecule has 0 aliphatic heterocycles. The van der Waals surface area contributed by atoms with Crippen LogP contribution in [-0.4, -0.2) is 12.5 Å². The van der Waals surface area contributed by atoms with Crippen LogP contribution in [0.5, 0.6) is 0 Å². The molecule has 3 N–H and O–H groups in total. The first-order valence-electron chi connectivity index (χ1n) is 7.85. The molecule has 0 bridgehead atoms. The van der Waals surface area contributed by atoms with Crippen molar-refractivity contribution in [2.24, 2.45) is 5.73 Å². The highest BCUT2D eigenvalue weighted by atomic mass is 16.1. The van der Waals surface area contributed by atoms with Crippen molar-refractivity contribution in [3.63, 3.8) is 0 Å². The summed E-state index contributed by atoms with van der Waals surface area (Å²) in [5.74, 6) is 0.118. The Morgan fingerprint density at radius 1 is 1.05 bits per heavy atom. The normalized spacial score (nSPS) is 10.5. The zero-order chi connectivity index (χ0) is 14.6. The molecule has 0 aliphatic rings. The third-order valence-corrected chi connectivity index (χ3v) is 3.43. The van der Waals surface area contributed by atoms with Gasteiger partial charge in [-0.15, -0.1) is 0 Å². The highest BCUT2D eigenvalue weighted by molar-refractivity contribution is 5.90. The van der Waals surface area contributed by atoms with Gasteiger partial charge in [-0.2, -0.15) is 0 Å². The van der Waals surface area contributed by atoms with Crippen molar-refractivity contribution in [3.8, 4) is 0 Å². The molecule has 112 valence electrons. The van der Waals surface area contributed by atoms with Crippen LogP contribution < -0.4 is 11.1 Å². The molecule has 0 fully saturated rings. The van der Waals surface area contributed by atoms with E-state index in [0.717, 1.165) is 24.9 Å². The van der Waals surface area contributed by atoms with Gasteiger partial charge in [-0.05, 0) is 37.1 Å². The maximum Gasteiger partial charge on any atom is 0.224 e. The van der Waals surface area contributed by atoms with E-state index in [1.165, 1.54) is 31.2 Å². The number of hydrogen-bond donors (Lipinski definition) is 2. The number of carbonyl (C=O) groups excluding carboxylic acids is 1. The van der Waals surface area contributed by atoms with Gasteiger partial charge in [-0.25, -0.2) is 0 Å². The first-order valence-corrected chi connectivity index (χ1v) is 7.85. The highest BCUT2D eigenvalue weighted by Gasteiger charge is 2.02. The largest absolute Gasteiger partial charge is 0.330 e. The van der Waals surface area contributed by atoms with Gasteiger partial charge in [0.25, 0.3) is 0 Å². The Morgan fingerprint density at radius 3 is 2.35 bits per heavy atom. The van der Waals surface area contributed by atoms with Gasteiger partial charge in [0.05, 0.1) is 0 Å². The quantitative estimate of drug-likeness (QED) is 0.637. The zero-order valence-corrected chi connectivity index (χ0v) is 12.7. The monoisotopic (exact) mass is 276 g/mol. The van der Waals surface area contributed by atoms with Crippen molar-refractivity contribution in [1.82, 2.24) is 0 Å². The summed E-state index contributed by atoms with van der Waals surface area (Å²) in [5, 5.41) is 2.94. The van der Waals surface area contributed by atoms with Crippen molar-refractivity contribution in [2.75, 3.05) is 11.9 Å². The molecule has 0 saturated carbocycles. The molecule has 0 aliphatic carbocycles. The summed E-state index contributed by atoms with van der Waals surface area (Å²) in [5.41, 5.74) is 7.59. The van der Waals surface area contributed by atoms with Gasteiger partial charge in [0.15, 0.2) is 0 Å². The Labute approximate surface area is 122 Å². The Balaban J connectivity index is 2.18. The van der Waals surface area contributed by atoms with Gasteiger partial charge in [0.2, 0.25) is 5.91 Å². The van der Waals surface area contributed by atoms with Crippen LogP contribution in [0.2, 0.25) is 0 Å². The molecule has 1 amide bonds. The molecule has 0 spiro atoms. The van der Waals surface area contributed by atoms with E-state index in [1.54, 1.807) is 0 Å². The van der Waals surface area contributed by atoms with Crippen molar-refractivity contribution >= 4 is 11.6 Å². The van der Waals surface area contributed by atoms with E-state index < -0.39 is 0 Å². The fraction of sp³-hybridized carbons (Fsp3) is 0.588. The lowest BCUT2D eigenvalue weighted by Crippen LogP contribution is -2.11. The molecule has 0 unspecified atom stereocenters. The number of nitrogens with two attached hydrogens (primary N) is 1. The van der Waals surface area contributed by atoms with Gasteiger partial charge < -0.3 is 11.1 Å². The third-order valence-electron chi connectivity index (χ3n) is 3.43. The average molecular weight is 276 g/mol. The molecule has 0 heterocycles.